The number of rotatable bonds is 3. The van der Waals surface area contributed by atoms with Crippen LogP contribution >= 0.6 is 15.9 Å². The Morgan fingerprint density at radius 1 is 1.29 bits per heavy atom. The number of urea groups is 1. The predicted molar refractivity (Wildman–Crippen MR) is 97.0 cm³/mol. The van der Waals surface area contributed by atoms with Crippen LogP contribution in [0.5, 0.6) is 11.5 Å². The van der Waals surface area contributed by atoms with Crippen molar-refractivity contribution < 1.29 is 14.3 Å². The fourth-order valence-electron chi connectivity index (χ4n) is 2.66. The van der Waals surface area contributed by atoms with Crippen molar-refractivity contribution in [2.45, 2.75) is 19.4 Å². The van der Waals surface area contributed by atoms with Crippen LogP contribution in [-0.2, 0) is 6.42 Å². The summed E-state index contributed by atoms with van der Waals surface area (Å²) in [6.45, 7) is 2.45. The third-order valence-electron chi connectivity index (χ3n) is 3.88. The number of aryl methyl sites for hydroxylation is 1. The Bertz CT molecular complexity index is 764. The molecule has 24 heavy (non-hydrogen) atoms. The maximum Gasteiger partial charge on any atom is 0.319 e. The van der Waals surface area contributed by atoms with Crippen molar-refractivity contribution in [1.29, 1.82) is 0 Å². The molecule has 1 aliphatic rings. The first kappa shape index (κ1) is 16.6. The summed E-state index contributed by atoms with van der Waals surface area (Å²) in [6, 6.07) is 11.2. The molecule has 0 saturated carbocycles. The molecule has 0 fully saturated rings. The number of ether oxygens (including phenoxy) is 2. The van der Waals surface area contributed by atoms with Gasteiger partial charge in [0.05, 0.1) is 18.8 Å². The zero-order valence-corrected chi connectivity index (χ0v) is 15.1. The molecule has 5 nitrogen and oxygen atoms in total. The molecule has 1 heterocycles. The van der Waals surface area contributed by atoms with Gasteiger partial charge in [-0.15, -0.1) is 0 Å². The van der Waals surface area contributed by atoms with Gasteiger partial charge in [0.1, 0.15) is 18.1 Å². The van der Waals surface area contributed by atoms with Gasteiger partial charge in [-0.3, -0.25) is 0 Å². The number of amides is 2. The Hall–Kier alpha value is -2.21. The average Bonchev–Trinajstić information content (AvgIpc) is 2.56. The van der Waals surface area contributed by atoms with Crippen molar-refractivity contribution in [3.8, 4) is 11.5 Å². The van der Waals surface area contributed by atoms with Crippen molar-refractivity contribution in [2.75, 3.05) is 19.0 Å². The van der Waals surface area contributed by atoms with E-state index in [9.17, 15) is 4.79 Å². The quantitative estimate of drug-likeness (QED) is 0.835. The van der Waals surface area contributed by atoms with E-state index in [-0.39, 0.29) is 12.1 Å². The van der Waals surface area contributed by atoms with Crippen molar-refractivity contribution in [3.05, 3.63) is 52.0 Å². The molecule has 2 N–H and O–H groups in total. The Labute approximate surface area is 149 Å². The molecule has 2 amide bonds. The Morgan fingerprint density at radius 3 is 2.88 bits per heavy atom. The molecule has 0 aromatic heterocycles. The van der Waals surface area contributed by atoms with Gasteiger partial charge >= 0.3 is 6.03 Å². The lowest BCUT2D eigenvalue weighted by Crippen LogP contribution is -2.44. The summed E-state index contributed by atoms with van der Waals surface area (Å²) in [5.41, 5.74) is 2.89. The minimum atomic E-state index is -0.250. The van der Waals surface area contributed by atoms with E-state index in [2.05, 4.69) is 26.6 Å². The minimum Gasteiger partial charge on any atom is -0.497 e. The van der Waals surface area contributed by atoms with Crippen LogP contribution in [0.25, 0.3) is 0 Å². The van der Waals surface area contributed by atoms with E-state index in [1.165, 1.54) is 0 Å². The second kappa shape index (κ2) is 7.13. The topological polar surface area (TPSA) is 59.6 Å². The third kappa shape index (κ3) is 3.82. The van der Waals surface area contributed by atoms with Gasteiger partial charge in [0.2, 0.25) is 0 Å². The zero-order valence-electron chi connectivity index (χ0n) is 13.6. The Morgan fingerprint density at radius 2 is 2.12 bits per heavy atom. The number of anilines is 1. The molecule has 0 spiro atoms. The largest absolute Gasteiger partial charge is 0.497 e. The smallest absolute Gasteiger partial charge is 0.319 e. The first-order valence-corrected chi connectivity index (χ1v) is 8.48. The third-order valence-corrected chi connectivity index (χ3v) is 4.54. The molecular formula is C18H19BrN2O3. The van der Waals surface area contributed by atoms with Crippen LogP contribution in [-0.4, -0.2) is 25.8 Å². The highest BCUT2D eigenvalue weighted by Crippen LogP contribution is 2.29. The van der Waals surface area contributed by atoms with Crippen molar-refractivity contribution in [2.24, 2.45) is 0 Å². The van der Waals surface area contributed by atoms with Crippen LogP contribution in [0.1, 0.15) is 11.1 Å². The van der Waals surface area contributed by atoms with Crippen LogP contribution in [0.15, 0.2) is 40.9 Å². The van der Waals surface area contributed by atoms with Crippen LogP contribution in [0.3, 0.4) is 0 Å². The van der Waals surface area contributed by atoms with Crippen molar-refractivity contribution in [1.82, 2.24) is 5.32 Å². The molecule has 0 aliphatic carbocycles. The van der Waals surface area contributed by atoms with Crippen LogP contribution < -0.4 is 20.1 Å². The number of hydrogen-bond donors (Lipinski definition) is 2. The van der Waals surface area contributed by atoms with Gasteiger partial charge in [0.25, 0.3) is 0 Å². The molecule has 0 radical (unpaired) electrons. The number of fused-ring (bicyclic) bond motifs is 1. The van der Waals surface area contributed by atoms with Gasteiger partial charge in [0.15, 0.2) is 0 Å². The number of nitrogens with one attached hydrogen (secondary N) is 2. The first-order chi connectivity index (χ1) is 11.5. The molecule has 1 aliphatic heterocycles. The summed E-state index contributed by atoms with van der Waals surface area (Å²) in [4.78, 5) is 12.2. The summed E-state index contributed by atoms with van der Waals surface area (Å²) in [5.74, 6) is 1.63. The SMILES string of the molecule is COc1ccc2c(c1)C[C@H](NC(=O)Nc1ccc(C)cc1Br)CO2. The van der Waals surface area contributed by atoms with Crippen molar-refractivity contribution in [3.63, 3.8) is 0 Å². The molecular weight excluding hydrogens is 372 g/mol. The maximum atomic E-state index is 12.2. The lowest BCUT2D eigenvalue weighted by atomic mass is 10.0. The molecule has 0 unspecified atom stereocenters. The van der Waals surface area contributed by atoms with E-state index in [1.54, 1.807) is 7.11 Å². The number of methoxy groups -OCH3 is 1. The number of benzene rings is 2. The lowest BCUT2D eigenvalue weighted by molar-refractivity contribution is 0.222. The molecule has 2 aromatic rings. The molecule has 3 rings (SSSR count). The molecule has 2 aromatic carbocycles. The Balaban J connectivity index is 1.63. The standard InChI is InChI=1S/C18H19BrN2O3/c1-11-3-5-16(15(19)7-11)21-18(22)20-13-8-12-9-14(23-2)4-6-17(12)24-10-13/h3-7,9,13H,8,10H2,1-2H3,(H2,20,21,22)/t13-/m0/s1. The summed E-state index contributed by atoms with van der Waals surface area (Å²) >= 11 is 3.46. The van der Waals surface area contributed by atoms with Crippen molar-refractivity contribution >= 4 is 27.6 Å². The zero-order chi connectivity index (χ0) is 17.1. The number of halogens is 1. The van der Waals surface area contributed by atoms with Gasteiger partial charge in [-0.05, 0) is 70.7 Å². The fraction of sp³-hybridized carbons (Fsp3) is 0.278. The highest BCUT2D eigenvalue weighted by Gasteiger charge is 2.22. The van der Waals surface area contributed by atoms with Gasteiger partial charge in [-0.1, -0.05) is 6.07 Å². The predicted octanol–water partition coefficient (Wildman–Crippen LogP) is 3.89. The van der Waals surface area contributed by atoms with Crippen LogP contribution in [0.2, 0.25) is 0 Å². The van der Waals surface area contributed by atoms with Gasteiger partial charge in [-0.2, -0.15) is 0 Å². The number of carbonyl (C=O) groups is 1. The Kier molecular flexibility index (Phi) is 4.94. The molecule has 1 atom stereocenters. The summed E-state index contributed by atoms with van der Waals surface area (Å²) in [6.07, 6.45) is 0.703. The summed E-state index contributed by atoms with van der Waals surface area (Å²) in [7, 11) is 1.63. The molecule has 6 heteroatoms. The highest BCUT2D eigenvalue weighted by atomic mass is 79.9. The second-order valence-corrected chi connectivity index (χ2v) is 6.62. The number of hydrogen-bond acceptors (Lipinski definition) is 3. The summed E-state index contributed by atoms with van der Waals surface area (Å²) < 4.78 is 11.8. The second-order valence-electron chi connectivity index (χ2n) is 5.77. The minimum absolute atomic E-state index is 0.0890. The van der Waals surface area contributed by atoms with Crippen LogP contribution in [0, 0.1) is 6.92 Å². The van der Waals surface area contributed by atoms with E-state index in [1.807, 2.05) is 43.3 Å². The van der Waals surface area contributed by atoms with E-state index in [4.69, 9.17) is 9.47 Å². The summed E-state index contributed by atoms with van der Waals surface area (Å²) in [5, 5.41) is 5.80. The normalized spacial score (nSPS) is 15.9. The molecule has 0 saturated heterocycles. The monoisotopic (exact) mass is 390 g/mol. The van der Waals surface area contributed by atoms with Gasteiger partial charge in [0, 0.05) is 4.47 Å². The van der Waals surface area contributed by atoms with Gasteiger partial charge in [-0.25, -0.2) is 4.79 Å². The van der Waals surface area contributed by atoms with E-state index < -0.39 is 0 Å². The van der Waals surface area contributed by atoms with Gasteiger partial charge < -0.3 is 20.1 Å². The fourth-order valence-corrected chi connectivity index (χ4v) is 3.25. The van der Waals surface area contributed by atoms with E-state index in [0.29, 0.717) is 13.0 Å². The molecule has 126 valence electrons. The highest BCUT2D eigenvalue weighted by molar-refractivity contribution is 9.10. The first-order valence-electron chi connectivity index (χ1n) is 7.68. The lowest BCUT2D eigenvalue weighted by Gasteiger charge is -2.26. The van der Waals surface area contributed by atoms with E-state index >= 15 is 0 Å². The molecule has 0 bridgehead atoms. The number of carbonyl (C=O) groups excluding carboxylic acids is 1. The van der Waals surface area contributed by atoms with E-state index in [0.717, 1.165) is 32.8 Å². The average molecular weight is 391 g/mol. The van der Waals surface area contributed by atoms with Crippen LogP contribution in [0.4, 0.5) is 10.5 Å². The maximum absolute atomic E-state index is 12.2.